The van der Waals surface area contributed by atoms with Crippen LogP contribution in [0.1, 0.15) is 0 Å². The first-order valence-corrected chi connectivity index (χ1v) is 9.29. The van der Waals surface area contributed by atoms with Gasteiger partial charge in [0.1, 0.15) is 17.3 Å². The lowest BCUT2D eigenvalue weighted by Crippen LogP contribution is -2.17. The molecule has 11 heteroatoms. The van der Waals surface area contributed by atoms with E-state index in [9.17, 15) is 18.5 Å². The van der Waals surface area contributed by atoms with E-state index in [-0.39, 0.29) is 22.1 Å². The van der Waals surface area contributed by atoms with Crippen molar-refractivity contribution in [2.24, 2.45) is 0 Å². The van der Waals surface area contributed by atoms with Gasteiger partial charge in [-0.05, 0) is 18.2 Å². The Bertz CT molecular complexity index is 1130. The largest absolute Gasteiger partial charge is 0.497 e. The van der Waals surface area contributed by atoms with Crippen molar-refractivity contribution in [2.45, 2.75) is 4.90 Å². The SMILES string of the molecule is COc1cc(OC)cc(-c2cc(N)n(S(=O)(=O)c3cccc([N+](=O)[O-])c3)n2)c1. The molecule has 1 aromatic heterocycles. The molecule has 1 heterocycles. The molecule has 0 saturated carbocycles. The summed E-state index contributed by atoms with van der Waals surface area (Å²) in [5.74, 6) is 0.830. The van der Waals surface area contributed by atoms with Gasteiger partial charge in [-0.2, -0.15) is 13.5 Å². The van der Waals surface area contributed by atoms with Crippen LogP contribution in [0.5, 0.6) is 11.5 Å². The number of nitro groups is 1. The lowest BCUT2D eigenvalue weighted by Gasteiger charge is -2.07. The average Bonchev–Trinajstić information content (AvgIpc) is 3.10. The lowest BCUT2D eigenvalue weighted by molar-refractivity contribution is -0.385. The van der Waals surface area contributed by atoms with Gasteiger partial charge < -0.3 is 15.2 Å². The molecule has 0 saturated heterocycles. The number of nitro benzene ring substituents is 1. The van der Waals surface area contributed by atoms with Gasteiger partial charge in [-0.3, -0.25) is 10.1 Å². The molecule has 0 radical (unpaired) electrons. The van der Waals surface area contributed by atoms with Crippen molar-refractivity contribution in [1.29, 1.82) is 0 Å². The van der Waals surface area contributed by atoms with Gasteiger partial charge in [0.25, 0.3) is 15.7 Å². The van der Waals surface area contributed by atoms with E-state index in [1.54, 1.807) is 18.2 Å². The summed E-state index contributed by atoms with van der Waals surface area (Å²) in [6.07, 6.45) is 0. The minimum absolute atomic E-state index is 0.150. The molecule has 3 rings (SSSR count). The van der Waals surface area contributed by atoms with Gasteiger partial charge in [-0.1, -0.05) is 6.07 Å². The van der Waals surface area contributed by atoms with Crippen LogP contribution in [0, 0.1) is 10.1 Å². The highest BCUT2D eigenvalue weighted by Gasteiger charge is 2.24. The molecule has 146 valence electrons. The predicted molar refractivity (Wildman–Crippen MR) is 101 cm³/mol. The number of anilines is 1. The standard InChI is InChI=1S/C17H16N4O6S/c1-26-13-6-11(7-14(9-13)27-2)16-10-17(18)20(19-16)28(24,25)15-5-3-4-12(8-15)21(22)23/h3-10H,18H2,1-2H3. The zero-order valence-corrected chi connectivity index (χ0v) is 15.7. The van der Waals surface area contributed by atoms with Crippen LogP contribution in [-0.4, -0.2) is 36.7 Å². The molecule has 0 aliphatic rings. The van der Waals surface area contributed by atoms with Crippen LogP contribution in [0.15, 0.2) is 53.4 Å². The van der Waals surface area contributed by atoms with Crippen LogP contribution in [-0.2, 0) is 10.0 Å². The van der Waals surface area contributed by atoms with Gasteiger partial charge in [-0.15, -0.1) is 4.09 Å². The van der Waals surface area contributed by atoms with Crippen molar-refractivity contribution in [3.63, 3.8) is 0 Å². The number of aromatic nitrogens is 2. The smallest absolute Gasteiger partial charge is 0.285 e. The van der Waals surface area contributed by atoms with E-state index in [1.807, 2.05) is 0 Å². The maximum atomic E-state index is 12.9. The van der Waals surface area contributed by atoms with Gasteiger partial charge in [0.05, 0.1) is 29.7 Å². The molecule has 3 aromatic rings. The second kappa shape index (κ2) is 7.19. The molecule has 10 nitrogen and oxygen atoms in total. The maximum absolute atomic E-state index is 12.9. The Balaban J connectivity index is 2.10. The highest BCUT2D eigenvalue weighted by molar-refractivity contribution is 7.90. The number of nitrogens with zero attached hydrogens (tertiary/aromatic N) is 3. The summed E-state index contributed by atoms with van der Waals surface area (Å²) in [6, 6.07) is 11.0. The molecule has 0 unspecified atom stereocenters. The molecule has 28 heavy (non-hydrogen) atoms. The third-order valence-corrected chi connectivity index (χ3v) is 5.50. The van der Waals surface area contributed by atoms with Crippen molar-refractivity contribution in [2.75, 3.05) is 20.0 Å². The summed E-state index contributed by atoms with van der Waals surface area (Å²) < 4.78 is 36.8. The fourth-order valence-corrected chi connectivity index (χ4v) is 3.77. The summed E-state index contributed by atoms with van der Waals surface area (Å²) in [5.41, 5.74) is 6.30. The number of methoxy groups -OCH3 is 2. The first-order chi connectivity index (χ1) is 13.3. The molecule has 0 aliphatic heterocycles. The fraction of sp³-hybridized carbons (Fsp3) is 0.118. The Kier molecular flexibility index (Phi) is 4.92. The van der Waals surface area contributed by atoms with Gasteiger partial charge in [-0.25, -0.2) is 0 Å². The number of hydrogen-bond donors (Lipinski definition) is 1. The summed E-state index contributed by atoms with van der Waals surface area (Å²) >= 11 is 0. The zero-order valence-electron chi connectivity index (χ0n) is 14.9. The second-order valence-corrected chi connectivity index (χ2v) is 7.43. The molecule has 0 amide bonds. The van der Waals surface area contributed by atoms with E-state index in [4.69, 9.17) is 15.2 Å². The first-order valence-electron chi connectivity index (χ1n) is 7.85. The Morgan fingerprint density at radius 1 is 1.07 bits per heavy atom. The van der Waals surface area contributed by atoms with E-state index in [1.165, 1.54) is 38.5 Å². The zero-order chi connectivity index (χ0) is 20.5. The summed E-state index contributed by atoms with van der Waals surface area (Å²) in [7, 11) is -1.26. The van der Waals surface area contributed by atoms with Crippen molar-refractivity contribution < 1.29 is 22.8 Å². The number of nitrogens with two attached hydrogens (primary N) is 1. The number of ether oxygens (including phenoxy) is 2. The van der Waals surface area contributed by atoms with Gasteiger partial charge in [0, 0.05) is 29.8 Å². The van der Waals surface area contributed by atoms with Gasteiger partial charge >= 0.3 is 0 Å². The number of benzene rings is 2. The van der Waals surface area contributed by atoms with Crippen LogP contribution in [0.4, 0.5) is 11.5 Å². The van der Waals surface area contributed by atoms with E-state index in [2.05, 4.69) is 5.10 Å². The fourth-order valence-electron chi connectivity index (χ4n) is 2.53. The summed E-state index contributed by atoms with van der Waals surface area (Å²) in [6.45, 7) is 0. The first kappa shape index (κ1) is 19.2. The van der Waals surface area contributed by atoms with Crippen LogP contribution in [0.3, 0.4) is 0 Å². The van der Waals surface area contributed by atoms with Crippen LogP contribution in [0.25, 0.3) is 11.3 Å². The van der Waals surface area contributed by atoms with Crippen LogP contribution < -0.4 is 15.2 Å². The van der Waals surface area contributed by atoms with E-state index in [0.717, 1.165) is 6.07 Å². The summed E-state index contributed by atoms with van der Waals surface area (Å²) in [4.78, 5) is 9.95. The number of rotatable bonds is 6. The third kappa shape index (κ3) is 3.47. The Labute approximate surface area is 160 Å². The van der Waals surface area contributed by atoms with Gasteiger partial charge in [0.2, 0.25) is 0 Å². The Morgan fingerprint density at radius 3 is 2.29 bits per heavy atom. The van der Waals surface area contributed by atoms with E-state index < -0.39 is 14.9 Å². The van der Waals surface area contributed by atoms with Crippen molar-refractivity contribution in [3.8, 4) is 22.8 Å². The molecule has 0 bridgehead atoms. The van der Waals surface area contributed by atoms with Crippen molar-refractivity contribution in [1.82, 2.24) is 9.19 Å². The third-order valence-electron chi connectivity index (χ3n) is 3.91. The molecule has 2 aromatic carbocycles. The predicted octanol–water partition coefficient (Wildman–Crippen LogP) is 2.29. The number of nitrogen functional groups attached to an aromatic ring is 1. The molecule has 0 atom stereocenters. The molecule has 0 fully saturated rings. The summed E-state index contributed by atoms with van der Waals surface area (Å²) in [5, 5.41) is 15.0. The minimum atomic E-state index is -4.23. The topological polar surface area (TPSA) is 140 Å². The monoisotopic (exact) mass is 404 g/mol. The van der Waals surface area contributed by atoms with Crippen LogP contribution in [0.2, 0.25) is 0 Å². The highest BCUT2D eigenvalue weighted by Crippen LogP contribution is 2.31. The molecule has 0 spiro atoms. The molecular weight excluding hydrogens is 388 g/mol. The highest BCUT2D eigenvalue weighted by atomic mass is 32.2. The van der Waals surface area contributed by atoms with E-state index in [0.29, 0.717) is 21.1 Å². The number of non-ortho nitro benzene ring substituents is 1. The molecule has 0 aliphatic carbocycles. The minimum Gasteiger partial charge on any atom is -0.497 e. The maximum Gasteiger partial charge on any atom is 0.285 e. The quantitative estimate of drug-likeness (QED) is 0.487. The van der Waals surface area contributed by atoms with Crippen molar-refractivity contribution in [3.05, 3.63) is 58.6 Å². The Morgan fingerprint density at radius 2 is 1.71 bits per heavy atom. The van der Waals surface area contributed by atoms with Crippen molar-refractivity contribution >= 4 is 21.5 Å². The molecular formula is C17H16N4O6S. The van der Waals surface area contributed by atoms with Crippen LogP contribution >= 0.6 is 0 Å². The second-order valence-electron chi connectivity index (χ2n) is 5.66. The normalized spacial score (nSPS) is 11.2. The molecule has 2 N–H and O–H groups in total. The number of hydrogen-bond acceptors (Lipinski definition) is 8. The van der Waals surface area contributed by atoms with E-state index >= 15 is 0 Å². The average molecular weight is 404 g/mol. The van der Waals surface area contributed by atoms with Gasteiger partial charge in [0.15, 0.2) is 0 Å². The Hall–Kier alpha value is -3.60. The lowest BCUT2D eigenvalue weighted by atomic mass is 10.1.